The molecule has 0 saturated carbocycles. The molecule has 0 radical (unpaired) electrons. The van der Waals surface area contributed by atoms with Gasteiger partial charge in [0.15, 0.2) is 4.77 Å². The lowest BCUT2D eigenvalue weighted by atomic mass is 10.1. The predicted octanol–water partition coefficient (Wildman–Crippen LogP) is 3.34. The molecule has 0 aliphatic heterocycles. The average Bonchev–Trinajstić information content (AvgIpc) is 2.59. The molecule has 2 N–H and O–H groups in total. The van der Waals surface area contributed by atoms with Gasteiger partial charge in [0, 0.05) is 17.0 Å². The average molecular weight is 248 g/mol. The molecule has 4 heteroatoms. The van der Waals surface area contributed by atoms with Crippen LogP contribution in [0.2, 0.25) is 0 Å². The lowest BCUT2D eigenvalue weighted by molar-refractivity contribution is 1.22. The third-order valence-corrected chi connectivity index (χ3v) is 2.95. The van der Waals surface area contributed by atoms with Crippen LogP contribution in [0, 0.1) is 11.7 Å². The first-order chi connectivity index (χ1) is 7.66. The van der Waals surface area contributed by atoms with E-state index in [2.05, 4.69) is 22.1 Å². The molecule has 2 aromatic rings. The van der Waals surface area contributed by atoms with Crippen molar-refractivity contribution in [2.24, 2.45) is 0 Å². The Morgan fingerprint density at radius 3 is 2.44 bits per heavy atom. The van der Waals surface area contributed by atoms with Crippen molar-refractivity contribution in [3.63, 3.8) is 0 Å². The number of rotatable bonds is 3. The fourth-order valence-electron chi connectivity index (χ4n) is 1.62. The monoisotopic (exact) mass is 248 g/mol. The van der Waals surface area contributed by atoms with E-state index in [-0.39, 0.29) is 0 Å². The second-order valence-electron chi connectivity index (χ2n) is 3.66. The molecule has 2 rings (SSSR count). The third kappa shape index (κ3) is 2.46. The van der Waals surface area contributed by atoms with Gasteiger partial charge < -0.3 is 9.97 Å². The number of aromatic nitrogens is 2. The molecular weight excluding hydrogens is 236 g/mol. The zero-order valence-electron chi connectivity index (χ0n) is 8.91. The molecule has 2 nitrogen and oxygen atoms in total. The molecule has 82 valence electrons. The Morgan fingerprint density at radius 2 is 1.88 bits per heavy atom. The van der Waals surface area contributed by atoms with Gasteiger partial charge in [-0.15, -0.1) is 0 Å². The van der Waals surface area contributed by atoms with Gasteiger partial charge in [-0.05, 0) is 24.7 Å². The largest absolute Gasteiger partial charge is 0.334 e. The molecular formula is C12H12N2S2. The van der Waals surface area contributed by atoms with Gasteiger partial charge >= 0.3 is 0 Å². The Morgan fingerprint density at radius 1 is 1.19 bits per heavy atom. The Bertz CT molecular complexity index is 552. The summed E-state index contributed by atoms with van der Waals surface area (Å²) in [5.41, 5.74) is 3.17. The number of nitrogens with one attached hydrogen (secondary N) is 2. The lowest BCUT2D eigenvalue weighted by Crippen LogP contribution is -2.04. The van der Waals surface area contributed by atoms with Crippen LogP contribution in [0.15, 0.2) is 30.3 Å². The van der Waals surface area contributed by atoms with Gasteiger partial charge in [0.25, 0.3) is 0 Å². The minimum Gasteiger partial charge on any atom is -0.334 e. The molecule has 0 aliphatic carbocycles. The van der Waals surface area contributed by atoms with Gasteiger partial charge in [-0.1, -0.05) is 42.5 Å². The predicted molar refractivity (Wildman–Crippen MR) is 72.6 cm³/mol. The van der Waals surface area contributed by atoms with E-state index in [0.29, 0.717) is 4.77 Å². The van der Waals surface area contributed by atoms with Crippen molar-refractivity contribution >= 4 is 29.3 Å². The van der Waals surface area contributed by atoms with E-state index in [4.69, 9.17) is 24.4 Å². The molecule has 0 amide bonds. The van der Waals surface area contributed by atoms with Gasteiger partial charge in [-0.2, -0.15) is 0 Å². The lowest BCUT2D eigenvalue weighted by Gasteiger charge is -2.02. The molecule has 0 saturated heterocycles. The van der Waals surface area contributed by atoms with E-state index in [9.17, 15) is 0 Å². The molecule has 1 aromatic heterocycles. The normalized spacial score (nSPS) is 10.3. The number of benzene rings is 1. The Kier molecular flexibility index (Phi) is 3.31. The van der Waals surface area contributed by atoms with Crippen LogP contribution in [0.3, 0.4) is 0 Å². The highest BCUT2D eigenvalue weighted by Crippen LogP contribution is 2.09. The van der Waals surface area contributed by atoms with Crippen LogP contribution in [0.5, 0.6) is 0 Å². The molecule has 0 unspecified atom stereocenters. The van der Waals surface area contributed by atoms with Crippen molar-refractivity contribution in [3.8, 4) is 0 Å². The topological polar surface area (TPSA) is 31.6 Å². The maximum Gasteiger partial charge on any atom is 0.175 e. The molecule has 0 spiro atoms. The number of imidazole rings is 1. The van der Waals surface area contributed by atoms with Gasteiger partial charge in [0.1, 0.15) is 0 Å². The summed E-state index contributed by atoms with van der Waals surface area (Å²) < 4.78 is 0.628. The smallest absolute Gasteiger partial charge is 0.175 e. The van der Waals surface area contributed by atoms with Crippen LogP contribution in [0.1, 0.15) is 17.0 Å². The molecule has 1 aromatic carbocycles. The van der Waals surface area contributed by atoms with Gasteiger partial charge in [-0.3, -0.25) is 0 Å². The summed E-state index contributed by atoms with van der Waals surface area (Å²) in [5.74, 6) is 0. The van der Waals surface area contributed by atoms with Crippen molar-refractivity contribution in [1.29, 1.82) is 0 Å². The van der Waals surface area contributed by atoms with E-state index in [1.165, 1.54) is 5.56 Å². The maximum atomic E-state index is 5.41. The highest BCUT2D eigenvalue weighted by atomic mass is 32.1. The fraction of sp³-hybridized carbons (Fsp3) is 0.167. The number of thiocarbonyl (C=S) groups is 1. The number of H-pyrrole nitrogens is 2. The summed E-state index contributed by atoms with van der Waals surface area (Å²) in [6, 6.07) is 10.2. The van der Waals surface area contributed by atoms with Crippen LogP contribution in [0.25, 0.3) is 0 Å². The third-order valence-electron chi connectivity index (χ3n) is 2.40. The highest BCUT2D eigenvalue weighted by molar-refractivity contribution is 7.80. The summed E-state index contributed by atoms with van der Waals surface area (Å²) >= 11 is 10.4. The first kappa shape index (κ1) is 11.2. The molecule has 1 heterocycles. The summed E-state index contributed by atoms with van der Waals surface area (Å²) in [5, 5.41) is 0. The van der Waals surface area contributed by atoms with Crippen LogP contribution in [-0.4, -0.2) is 14.8 Å². The van der Waals surface area contributed by atoms with Crippen LogP contribution < -0.4 is 0 Å². The van der Waals surface area contributed by atoms with Gasteiger partial charge in [-0.25, -0.2) is 0 Å². The van der Waals surface area contributed by atoms with Crippen molar-refractivity contribution in [3.05, 3.63) is 52.1 Å². The van der Waals surface area contributed by atoms with Crippen molar-refractivity contribution < 1.29 is 0 Å². The SMILES string of the molecule is Cc1[nH]c(=S)[nH]c1C(=S)Cc1ccccc1. The summed E-state index contributed by atoms with van der Waals surface area (Å²) in [6.45, 7) is 1.97. The quantitative estimate of drug-likeness (QED) is 0.645. The number of aromatic amines is 2. The van der Waals surface area contributed by atoms with E-state index in [1.54, 1.807) is 0 Å². The first-order valence-electron chi connectivity index (χ1n) is 5.03. The summed E-state index contributed by atoms with van der Waals surface area (Å²) in [7, 11) is 0. The zero-order valence-corrected chi connectivity index (χ0v) is 10.5. The Labute approximate surface area is 105 Å². The second kappa shape index (κ2) is 4.72. The van der Waals surface area contributed by atoms with Crippen molar-refractivity contribution in [2.75, 3.05) is 0 Å². The standard InChI is InChI=1S/C12H12N2S2/c1-8-11(14-12(16)13-8)10(15)7-9-5-3-2-4-6-9/h2-6H,7H2,1H3,(H2,13,14,16). The minimum atomic E-state index is 0.628. The zero-order chi connectivity index (χ0) is 11.5. The van der Waals surface area contributed by atoms with Crippen molar-refractivity contribution in [2.45, 2.75) is 13.3 Å². The van der Waals surface area contributed by atoms with Gasteiger partial charge in [0.2, 0.25) is 0 Å². The molecule has 0 aliphatic rings. The minimum absolute atomic E-state index is 0.628. The Balaban J connectivity index is 2.21. The maximum absolute atomic E-state index is 5.41. The van der Waals surface area contributed by atoms with Crippen LogP contribution >= 0.6 is 24.4 Å². The van der Waals surface area contributed by atoms with Crippen molar-refractivity contribution in [1.82, 2.24) is 9.97 Å². The molecule has 16 heavy (non-hydrogen) atoms. The van der Waals surface area contributed by atoms with Crippen LogP contribution in [-0.2, 0) is 6.42 Å². The molecule has 0 bridgehead atoms. The fourth-order valence-corrected chi connectivity index (χ4v) is 2.25. The number of hydrogen-bond donors (Lipinski definition) is 2. The van der Waals surface area contributed by atoms with Crippen LogP contribution in [0.4, 0.5) is 0 Å². The number of aryl methyl sites for hydroxylation is 1. The summed E-state index contributed by atoms with van der Waals surface area (Å²) in [4.78, 5) is 7.01. The van der Waals surface area contributed by atoms with E-state index in [0.717, 1.165) is 22.7 Å². The van der Waals surface area contributed by atoms with E-state index in [1.807, 2.05) is 25.1 Å². The second-order valence-corrected chi connectivity index (χ2v) is 4.57. The van der Waals surface area contributed by atoms with E-state index < -0.39 is 0 Å². The highest BCUT2D eigenvalue weighted by Gasteiger charge is 2.07. The Hall–Kier alpha value is -1.26. The van der Waals surface area contributed by atoms with E-state index >= 15 is 0 Å². The van der Waals surface area contributed by atoms with Gasteiger partial charge in [0.05, 0.1) is 5.69 Å². The number of hydrogen-bond acceptors (Lipinski definition) is 2. The first-order valence-corrected chi connectivity index (χ1v) is 5.84. The molecule has 0 fully saturated rings. The molecule has 0 atom stereocenters. The summed E-state index contributed by atoms with van der Waals surface area (Å²) in [6.07, 6.45) is 0.764.